The maximum absolute atomic E-state index is 11.4. The monoisotopic (exact) mass is 286 g/mol. The van der Waals surface area contributed by atoms with Crippen LogP contribution in [0.5, 0.6) is 0 Å². The molecule has 0 saturated carbocycles. The highest BCUT2D eigenvalue weighted by atomic mass is 32.2. The van der Waals surface area contributed by atoms with Crippen LogP contribution in [0.4, 0.5) is 0 Å². The van der Waals surface area contributed by atoms with Gasteiger partial charge in [0.1, 0.15) is 0 Å². The Morgan fingerprint density at radius 2 is 2.05 bits per heavy atom. The van der Waals surface area contributed by atoms with Gasteiger partial charge in [-0.05, 0) is 29.9 Å². The number of aromatic nitrogens is 3. The maximum Gasteiger partial charge on any atom is 0.235 e. The third kappa shape index (κ3) is 1.50. The van der Waals surface area contributed by atoms with Crippen molar-refractivity contribution in [1.82, 2.24) is 14.4 Å². The molecule has 0 radical (unpaired) electrons. The lowest BCUT2D eigenvalue weighted by molar-refractivity contribution is 0.602. The van der Waals surface area contributed by atoms with Crippen molar-refractivity contribution in [2.75, 3.05) is 0 Å². The zero-order valence-corrected chi connectivity index (χ0v) is 11.1. The molecule has 0 saturated heterocycles. The molecule has 7 heteroatoms. The molecule has 0 spiro atoms. The van der Waals surface area contributed by atoms with E-state index in [4.69, 9.17) is 5.14 Å². The number of allylic oxidation sites excluding steroid dienone is 3. The number of hydrogen-bond donors (Lipinski definition) is 1. The Morgan fingerprint density at radius 3 is 2.85 bits per heavy atom. The summed E-state index contributed by atoms with van der Waals surface area (Å²) in [5.41, 5.74) is 1.70. The first-order valence-electron chi connectivity index (χ1n) is 6.02. The van der Waals surface area contributed by atoms with Crippen molar-refractivity contribution < 1.29 is 8.42 Å². The molecule has 2 aliphatic carbocycles. The van der Waals surface area contributed by atoms with Crippen LogP contribution >= 0.6 is 0 Å². The van der Waals surface area contributed by atoms with Gasteiger partial charge in [0.15, 0.2) is 0 Å². The lowest BCUT2D eigenvalue weighted by Gasteiger charge is -2.10. The summed E-state index contributed by atoms with van der Waals surface area (Å²) in [6.07, 6.45) is 11.0. The average Bonchev–Trinajstić information content (AvgIpc) is 2.96. The first-order valence-corrected chi connectivity index (χ1v) is 7.57. The lowest BCUT2D eigenvalue weighted by Crippen LogP contribution is -2.31. The third-order valence-corrected chi connectivity index (χ3v) is 4.51. The molecule has 0 aromatic carbocycles. The summed E-state index contributed by atoms with van der Waals surface area (Å²) >= 11 is 0. The van der Waals surface area contributed by atoms with Gasteiger partial charge in [0.25, 0.3) is 0 Å². The number of fused-ring (bicyclic) bond motifs is 5. The molecule has 2 aromatic rings. The highest BCUT2D eigenvalue weighted by Gasteiger charge is 2.18. The van der Waals surface area contributed by atoms with Gasteiger partial charge in [0.2, 0.25) is 15.8 Å². The number of imidazole rings is 1. The standard InChI is InChI=1S/C13H10N4O2S/c14-20(18,19)9-4-5-11-8(6-9)7-15-13-16-10-2-1-3-12(10)17(11)13/h1-5,7H,6H2,(H2,14,18,19). The molecule has 20 heavy (non-hydrogen) atoms. The van der Waals surface area contributed by atoms with Crippen LogP contribution in [-0.4, -0.2) is 22.8 Å². The second-order valence-electron chi connectivity index (χ2n) is 4.73. The largest absolute Gasteiger partial charge is 0.277 e. The van der Waals surface area contributed by atoms with Crippen molar-refractivity contribution in [3.05, 3.63) is 45.2 Å². The number of rotatable bonds is 1. The second-order valence-corrected chi connectivity index (χ2v) is 6.35. The summed E-state index contributed by atoms with van der Waals surface area (Å²) in [5, 5.41) is 7.04. The van der Waals surface area contributed by atoms with Crippen LogP contribution in [0, 0.1) is 0 Å². The van der Waals surface area contributed by atoms with Crippen molar-refractivity contribution in [2.24, 2.45) is 5.14 Å². The molecular weight excluding hydrogens is 276 g/mol. The van der Waals surface area contributed by atoms with Crippen molar-refractivity contribution >= 4 is 34.0 Å². The van der Waals surface area contributed by atoms with Crippen molar-refractivity contribution in [1.29, 1.82) is 0 Å². The molecule has 100 valence electrons. The van der Waals surface area contributed by atoms with E-state index in [9.17, 15) is 8.42 Å². The molecule has 2 aliphatic rings. The predicted molar refractivity (Wildman–Crippen MR) is 75.1 cm³/mol. The molecule has 2 N–H and O–H groups in total. The fourth-order valence-electron chi connectivity index (χ4n) is 2.55. The van der Waals surface area contributed by atoms with Crippen LogP contribution < -0.4 is 15.8 Å². The van der Waals surface area contributed by atoms with Gasteiger partial charge in [-0.2, -0.15) is 0 Å². The topological polar surface area (TPSA) is 90.4 Å². The summed E-state index contributed by atoms with van der Waals surface area (Å²) < 4.78 is 24.8. The van der Waals surface area contributed by atoms with Gasteiger partial charge in [0.05, 0.1) is 21.3 Å². The molecule has 2 heterocycles. The smallest absolute Gasteiger partial charge is 0.235 e. The Labute approximate surface area is 114 Å². The Bertz CT molecular complexity index is 1040. The Morgan fingerprint density at radius 1 is 1.20 bits per heavy atom. The quantitative estimate of drug-likeness (QED) is 0.731. The molecule has 0 amide bonds. The van der Waals surface area contributed by atoms with E-state index in [-0.39, 0.29) is 11.3 Å². The van der Waals surface area contributed by atoms with Gasteiger partial charge in [0, 0.05) is 12.6 Å². The van der Waals surface area contributed by atoms with Crippen LogP contribution in [0.3, 0.4) is 0 Å². The Hall–Kier alpha value is -2.25. The predicted octanol–water partition coefficient (Wildman–Crippen LogP) is -0.954. The summed E-state index contributed by atoms with van der Waals surface area (Å²) in [6, 6.07) is 0. The normalized spacial score (nSPS) is 16.4. The SMILES string of the molecule is NS(=O)(=O)C1=CC=c2c(cnc3nc4c(n23)=CC=C4)C1. The Balaban J connectivity index is 2.10. The minimum absolute atomic E-state index is 0.199. The molecule has 0 fully saturated rings. The van der Waals surface area contributed by atoms with Crippen LogP contribution in [0.1, 0.15) is 11.3 Å². The van der Waals surface area contributed by atoms with E-state index in [1.807, 2.05) is 22.6 Å². The summed E-state index contributed by atoms with van der Waals surface area (Å²) in [6.45, 7) is 0. The second kappa shape index (κ2) is 3.65. The third-order valence-electron chi connectivity index (χ3n) is 3.49. The fourth-order valence-corrected chi connectivity index (χ4v) is 3.17. The number of primary sulfonamides is 1. The van der Waals surface area contributed by atoms with Crippen LogP contribution in [0.2, 0.25) is 0 Å². The van der Waals surface area contributed by atoms with E-state index in [1.54, 1.807) is 18.3 Å². The maximum atomic E-state index is 11.4. The highest BCUT2D eigenvalue weighted by molar-refractivity contribution is 7.93. The zero-order valence-electron chi connectivity index (χ0n) is 10.3. The molecule has 0 atom stereocenters. The van der Waals surface area contributed by atoms with Gasteiger partial charge in [-0.3, -0.25) is 4.40 Å². The molecule has 4 rings (SSSR count). The zero-order chi connectivity index (χ0) is 13.9. The van der Waals surface area contributed by atoms with Gasteiger partial charge >= 0.3 is 0 Å². The van der Waals surface area contributed by atoms with E-state index in [2.05, 4.69) is 9.97 Å². The average molecular weight is 286 g/mol. The lowest BCUT2D eigenvalue weighted by atomic mass is 10.1. The minimum Gasteiger partial charge on any atom is -0.277 e. The van der Waals surface area contributed by atoms with Gasteiger partial charge in [-0.1, -0.05) is 6.08 Å². The summed E-state index contributed by atoms with van der Waals surface area (Å²) in [4.78, 5) is 8.91. The van der Waals surface area contributed by atoms with E-state index < -0.39 is 10.0 Å². The first kappa shape index (κ1) is 11.6. The van der Waals surface area contributed by atoms with Crippen LogP contribution in [0.25, 0.3) is 24.0 Å². The van der Waals surface area contributed by atoms with Crippen LogP contribution in [0.15, 0.2) is 23.3 Å². The van der Waals surface area contributed by atoms with Crippen molar-refractivity contribution in [3.8, 4) is 0 Å². The van der Waals surface area contributed by atoms with E-state index in [0.717, 1.165) is 22.0 Å². The Kier molecular flexibility index (Phi) is 2.11. The number of nitrogens with zero attached hydrogens (tertiary/aromatic N) is 3. The number of sulfonamides is 1. The molecule has 6 nitrogen and oxygen atoms in total. The van der Waals surface area contributed by atoms with Crippen LogP contribution in [-0.2, 0) is 16.4 Å². The fraction of sp³-hybridized carbons (Fsp3) is 0.0769. The number of nitrogens with two attached hydrogens (primary N) is 1. The summed E-state index contributed by atoms with van der Waals surface area (Å²) in [7, 11) is -3.66. The molecule has 0 bridgehead atoms. The van der Waals surface area contributed by atoms with Gasteiger partial charge < -0.3 is 0 Å². The van der Waals surface area contributed by atoms with E-state index in [0.29, 0.717) is 5.78 Å². The van der Waals surface area contributed by atoms with Crippen molar-refractivity contribution in [2.45, 2.75) is 6.42 Å². The minimum atomic E-state index is -3.66. The molecule has 0 aliphatic heterocycles. The highest BCUT2D eigenvalue weighted by Crippen LogP contribution is 2.13. The number of hydrogen-bond acceptors (Lipinski definition) is 4. The van der Waals surface area contributed by atoms with E-state index in [1.165, 1.54) is 0 Å². The van der Waals surface area contributed by atoms with Gasteiger partial charge in [-0.25, -0.2) is 23.5 Å². The summed E-state index contributed by atoms with van der Waals surface area (Å²) in [5.74, 6) is 0.609. The van der Waals surface area contributed by atoms with Crippen molar-refractivity contribution in [3.63, 3.8) is 0 Å². The first-order chi connectivity index (χ1) is 9.54. The molecule has 2 aromatic heterocycles. The molecular formula is C13H10N4O2S. The van der Waals surface area contributed by atoms with Gasteiger partial charge in [-0.15, -0.1) is 0 Å². The van der Waals surface area contributed by atoms with E-state index >= 15 is 0 Å². The molecule has 0 unspecified atom stereocenters.